The molecule has 0 aliphatic carbocycles. The average Bonchev–Trinajstić information content (AvgIpc) is 3.22. The summed E-state index contributed by atoms with van der Waals surface area (Å²) >= 11 is 0. The minimum atomic E-state index is -0.122. The predicted molar refractivity (Wildman–Crippen MR) is 114 cm³/mol. The molecule has 0 atom stereocenters. The topological polar surface area (TPSA) is 67.6 Å². The van der Waals surface area contributed by atoms with Crippen LogP contribution in [0, 0.1) is 6.92 Å². The van der Waals surface area contributed by atoms with E-state index in [1.54, 1.807) is 12.3 Å². The Hall–Kier alpha value is -3.12. The van der Waals surface area contributed by atoms with Crippen molar-refractivity contribution in [2.24, 2.45) is 0 Å². The molecule has 1 aliphatic heterocycles. The summed E-state index contributed by atoms with van der Waals surface area (Å²) in [6.07, 6.45) is 3.65. The molecule has 1 aromatic carbocycles. The van der Waals surface area contributed by atoms with Gasteiger partial charge in [0.1, 0.15) is 18.1 Å². The molecule has 1 N–H and O–H groups in total. The van der Waals surface area contributed by atoms with Crippen molar-refractivity contribution < 1.29 is 13.9 Å². The lowest BCUT2D eigenvalue weighted by atomic mass is 10.0. The lowest BCUT2D eigenvalue weighted by Crippen LogP contribution is -2.44. The van der Waals surface area contributed by atoms with Crippen LogP contribution in [0.1, 0.15) is 40.4 Å². The quantitative estimate of drug-likeness (QED) is 0.645. The van der Waals surface area contributed by atoms with Gasteiger partial charge in [-0.15, -0.1) is 0 Å². The number of hydrogen-bond acceptors (Lipinski definition) is 5. The Balaban J connectivity index is 1.20. The van der Waals surface area contributed by atoms with Crippen molar-refractivity contribution >= 4 is 5.91 Å². The van der Waals surface area contributed by atoms with Gasteiger partial charge in [0.15, 0.2) is 5.76 Å². The van der Waals surface area contributed by atoms with Gasteiger partial charge in [-0.05, 0) is 61.7 Å². The standard InChI is InChI=1S/C24H27N3O3/c1-18-5-10-23(30-18)24(28)26-20-11-14-27(15-12-20)16-19-6-8-22(9-7-19)29-17-21-4-2-3-13-25-21/h2-10,13,20H,11-12,14-17H2,1H3,(H,26,28). The van der Waals surface area contributed by atoms with E-state index in [0.717, 1.165) is 49.7 Å². The third-order valence-corrected chi connectivity index (χ3v) is 5.33. The van der Waals surface area contributed by atoms with Crippen LogP contribution in [0.15, 0.2) is 65.2 Å². The summed E-state index contributed by atoms with van der Waals surface area (Å²) in [4.78, 5) is 18.9. The summed E-state index contributed by atoms with van der Waals surface area (Å²) < 4.78 is 11.2. The van der Waals surface area contributed by atoms with E-state index in [0.29, 0.717) is 12.4 Å². The van der Waals surface area contributed by atoms with Gasteiger partial charge < -0.3 is 14.5 Å². The molecule has 0 bridgehead atoms. The molecule has 2 aromatic heterocycles. The lowest BCUT2D eigenvalue weighted by molar-refractivity contribution is 0.0880. The van der Waals surface area contributed by atoms with Crippen LogP contribution in [0.5, 0.6) is 5.75 Å². The van der Waals surface area contributed by atoms with Gasteiger partial charge in [0.25, 0.3) is 5.91 Å². The van der Waals surface area contributed by atoms with Crippen LogP contribution in [0.25, 0.3) is 0 Å². The zero-order valence-corrected chi connectivity index (χ0v) is 17.2. The molecule has 3 aromatic rings. The second-order valence-electron chi connectivity index (χ2n) is 7.69. The van der Waals surface area contributed by atoms with E-state index in [9.17, 15) is 4.79 Å². The van der Waals surface area contributed by atoms with Crippen LogP contribution >= 0.6 is 0 Å². The summed E-state index contributed by atoms with van der Waals surface area (Å²) in [6, 6.07) is 17.8. The molecule has 0 spiro atoms. The van der Waals surface area contributed by atoms with Gasteiger partial charge in [-0.2, -0.15) is 0 Å². The van der Waals surface area contributed by atoms with Crippen molar-refractivity contribution in [3.63, 3.8) is 0 Å². The Labute approximate surface area is 176 Å². The van der Waals surface area contributed by atoms with Crippen molar-refractivity contribution in [1.82, 2.24) is 15.2 Å². The molecule has 1 saturated heterocycles. The second-order valence-corrected chi connectivity index (χ2v) is 7.69. The van der Waals surface area contributed by atoms with Crippen molar-refractivity contribution in [2.75, 3.05) is 13.1 Å². The molecule has 0 saturated carbocycles. The Bertz CT molecular complexity index is 945. The average molecular weight is 405 g/mol. The largest absolute Gasteiger partial charge is 0.487 e. The molecule has 0 radical (unpaired) electrons. The number of carbonyl (C=O) groups is 1. The number of aromatic nitrogens is 1. The number of piperidine rings is 1. The minimum Gasteiger partial charge on any atom is -0.487 e. The Morgan fingerprint density at radius 2 is 1.93 bits per heavy atom. The van der Waals surface area contributed by atoms with Crippen molar-refractivity contribution in [2.45, 2.75) is 39.0 Å². The van der Waals surface area contributed by atoms with Crippen LogP contribution in [-0.4, -0.2) is 34.9 Å². The van der Waals surface area contributed by atoms with Gasteiger partial charge in [0.2, 0.25) is 0 Å². The molecule has 1 amide bonds. The molecular weight excluding hydrogens is 378 g/mol. The van der Waals surface area contributed by atoms with Gasteiger partial charge in [0, 0.05) is 31.9 Å². The predicted octanol–water partition coefficient (Wildman–Crippen LogP) is 3.96. The highest BCUT2D eigenvalue weighted by atomic mass is 16.5. The molecule has 0 unspecified atom stereocenters. The summed E-state index contributed by atoms with van der Waals surface area (Å²) in [7, 11) is 0. The first kappa shape index (κ1) is 20.2. The van der Waals surface area contributed by atoms with Crippen molar-refractivity contribution in [3.8, 4) is 5.75 Å². The lowest BCUT2D eigenvalue weighted by Gasteiger charge is -2.32. The zero-order chi connectivity index (χ0) is 20.8. The van der Waals surface area contributed by atoms with Gasteiger partial charge >= 0.3 is 0 Å². The molecular formula is C24H27N3O3. The fourth-order valence-corrected chi connectivity index (χ4v) is 3.64. The van der Waals surface area contributed by atoms with E-state index < -0.39 is 0 Å². The summed E-state index contributed by atoms with van der Waals surface area (Å²) in [6.45, 7) is 5.13. The smallest absolute Gasteiger partial charge is 0.287 e. The Morgan fingerprint density at radius 1 is 1.13 bits per heavy atom. The van der Waals surface area contributed by atoms with Crippen LogP contribution in [-0.2, 0) is 13.2 Å². The van der Waals surface area contributed by atoms with Crippen LogP contribution in [0.3, 0.4) is 0 Å². The minimum absolute atomic E-state index is 0.122. The third kappa shape index (κ3) is 5.48. The molecule has 1 fully saturated rings. The maximum absolute atomic E-state index is 12.2. The fourth-order valence-electron chi connectivity index (χ4n) is 3.64. The van der Waals surface area contributed by atoms with Gasteiger partial charge in [0.05, 0.1) is 5.69 Å². The molecule has 4 rings (SSSR count). The summed E-state index contributed by atoms with van der Waals surface area (Å²) in [5.74, 6) is 1.87. The number of nitrogens with one attached hydrogen (secondary N) is 1. The maximum atomic E-state index is 12.2. The molecule has 6 nitrogen and oxygen atoms in total. The number of furan rings is 1. The number of nitrogens with zero attached hydrogens (tertiary/aromatic N) is 2. The summed E-state index contributed by atoms with van der Waals surface area (Å²) in [5.41, 5.74) is 2.17. The zero-order valence-electron chi connectivity index (χ0n) is 17.2. The highest BCUT2D eigenvalue weighted by Crippen LogP contribution is 2.18. The number of amides is 1. The number of aryl methyl sites for hydroxylation is 1. The summed E-state index contributed by atoms with van der Waals surface area (Å²) in [5, 5.41) is 3.09. The van der Waals surface area contributed by atoms with E-state index >= 15 is 0 Å². The van der Waals surface area contributed by atoms with E-state index in [2.05, 4.69) is 27.3 Å². The highest BCUT2D eigenvalue weighted by Gasteiger charge is 2.22. The monoisotopic (exact) mass is 405 g/mol. The van der Waals surface area contributed by atoms with Crippen molar-refractivity contribution in [3.05, 3.63) is 83.6 Å². The van der Waals surface area contributed by atoms with E-state index in [1.165, 1.54) is 5.56 Å². The van der Waals surface area contributed by atoms with E-state index in [4.69, 9.17) is 9.15 Å². The van der Waals surface area contributed by atoms with Gasteiger partial charge in [-0.25, -0.2) is 0 Å². The molecule has 6 heteroatoms. The van der Waals surface area contributed by atoms with E-state index in [1.807, 2.05) is 43.3 Å². The first-order valence-electron chi connectivity index (χ1n) is 10.4. The van der Waals surface area contributed by atoms with Crippen molar-refractivity contribution in [1.29, 1.82) is 0 Å². The van der Waals surface area contributed by atoms with Gasteiger partial charge in [-0.3, -0.25) is 14.7 Å². The normalized spacial score (nSPS) is 15.1. The fraction of sp³-hybridized carbons (Fsp3) is 0.333. The van der Waals surface area contributed by atoms with E-state index in [-0.39, 0.29) is 11.9 Å². The number of hydrogen-bond donors (Lipinski definition) is 1. The molecule has 3 heterocycles. The Morgan fingerprint density at radius 3 is 2.60 bits per heavy atom. The number of likely N-dealkylation sites (tertiary alicyclic amines) is 1. The maximum Gasteiger partial charge on any atom is 0.287 e. The SMILES string of the molecule is Cc1ccc(C(=O)NC2CCN(Cc3ccc(OCc4ccccn4)cc3)CC2)o1. The Kier molecular flexibility index (Phi) is 6.44. The van der Waals surface area contributed by atoms with Gasteiger partial charge in [-0.1, -0.05) is 18.2 Å². The molecule has 30 heavy (non-hydrogen) atoms. The number of pyridine rings is 1. The molecule has 1 aliphatic rings. The third-order valence-electron chi connectivity index (χ3n) is 5.33. The highest BCUT2D eigenvalue weighted by molar-refractivity contribution is 5.91. The number of ether oxygens (including phenoxy) is 1. The number of rotatable bonds is 7. The first-order valence-corrected chi connectivity index (χ1v) is 10.4. The number of carbonyl (C=O) groups excluding carboxylic acids is 1. The van der Waals surface area contributed by atoms with Crippen LogP contribution < -0.4 is 10.1 Å². The van der Waals surface area contributed by atoms with Crippen LogP contribution in [0.2, 0.25) is 0 Å². The number of benzene rings is 1. The first-order chi connectivity index (χ1) is 14.7. The van der Waals surface area contributed by atoms with Crippen LogP contribution in [0.4, 0.5) is 0 Å². The second kappa shape index (κ2) is 9.59. The molecule has 156 valence electrons.